The summed E-state index contributed by atoms with van der Waals surface area (Å²) in [6.45, 7) is 3.64. The Labute approximate surface area is 66.4 Å². The first-order chi connectivity index (χ1) is 5.27. The van der Waals surface area contributed by atoms with E-state index in [0.717, 1.165) is 24.5 Å². The number of aromatic nitrogens is 2. The topological polar surface area (TPSA) is 55.9 Å². The highest BCUT2D eigenvalue weighted by Gasteiger charge is 2.02. The molecule has 0 saturated carbocycles. The van der Waals surface area contributed by atoms with Gasteiger partial charge in [0.05, 0.1) is 11.4 Å². The molecule has 4 nitrogen and oxygen atoms in total. The first kappa shape index (κ1) is 8.07. The summed E-state index contributed by atoms with van der Waals surface area (Å²) in [5.74, 6) is 0. The first-order valence-corrected chi connectivity index (χ1v) is 3.74. The van der Waals surface area contributed by atoms with Crippen LogP contribution in [-0.4, -0.2) is 16.8 Å². The second-order valence-corrected chi connectivity index (χ2v) is 2.42. The molecule has 11 heavy (non-hydrogen) atoms. The molecule has 1 heterocycles. The highest BCUT2D eigenvalue weighted by molar-refractivity contribution is 5.40. The van der Waals surface area contributed by atoms with E-state index in [9.17, 15) is 0 Å². The molecule has 3 N–H and O–H groups in total. The van der Waals surface area contributed by atoms with Crippen molar-refractivity contribution in [1.29, 1.82) is 0 Å². The number of aryl methyl sites for hydroxylation is 1. The number of nitrogens with two attached hydrogens (primary N) is 1. The first-order valence-electron chi connectivity index (χ1n) is 3.74. The van der Waals surface area contributed by atoms with E-state index < -0.39 is 0 Å². The number of nitrogens with zero attached hydrogens (tertiary/aromatic N) is 2. The lowest BCUT2D eigenvalue weighted by Crippen LogP contribution is -2.08. The molecule has 0 unspecified atom stereocenters. The van der Waals surface area contributed by atoms with Crippen molar-refractivity contribution in [2.24, 2.45) is 0 Å². The monoisotopic (exact) mass is 154 g/mol. The van der Waals surface area contributed by atoms with E-state index >= 15 is 0 Å². The van der Waals surface area contributed by atoms with Gasteiger partial charge in [-0.3, -0.25) is 4.68 Å². The van der Waals surface area contributed by atoms with Gasteiger partial charge >= 0.3 is 0 Å². The molecule has 0 fully saturated rings. The van der Waals surface area contributed by atoms with Crippen LogP contribution in [0.15, 0.2) is 6.20 Å². The smallest absolute Gasteiger partial charge is 0.0991 e. The lowest BCUT2D eigenvalue weighted by atomic mass is 10.4. The van der Waals surface area contributed by atoms with E-state index in [1.54, 1.807) is 0 Å². The average Bonchev–Trinajstić information content (AvgIpc) is 2.33. The average molecular weight is 154 g/mol. The van der Waals surface area contributed by atoms with Crippen LogP contribution in [0, 0.1) is 0 Å². The van der Waals surface area contributed by atoms with Crippen molar-refractivity contribution < 1.29 is 0 Å². The summed E-state index contributed by atoms with van der Waals surface area (Å²) in [6.07, 6.45) is 1.85. The third-order valence-electron chi connectivity index (χ3n) is 1.54. The zero-order valence-electron chi connectivity index (χ0n) is 6.96. The van der Waals surface area contributed by atoms with Crippen LogP contribution >= 0.6 is 0 Å². The molecule has 0 saturated heterocycles. The lowest BCUT2D eigenvalue weighted by Gasteiger charge is -1.94. The third kappa shape index (κ3) is 1.71. The van der Waals surface area contributed by atoms with Crippen molar-refractivity contribution in [2.45, 2.75) is 20.0 Å². The van der Waals surface area contributed by atoms with Crippen molar-refractivity contribution >= 4 is 5.69 Å². The van der Waals surface area contributed by atoms with Gasteiger partial charge in [-0.25, -0.2) is 0 Å². The fourth-order valence-corrected chi connectivity index (χ4v) is 0.944. The van der Waals surface area contributed by atoms with Crippen LogP contribution in [0.1, 0.15) is 12.6 Å². The normalized spacial score (nSPS) is 10.4. The molecule has 0 spiro atoms. The Bertz CT molecular complexity index is 228. The number of anilines is 1. The van der Waals surface area contributed by atoms with Crippen LogP contribution in [0.25, 0.3) is 0 Å². The van der Waals surface area contributed by atoms with Gasteiger partial charge in [-0.1, -0.05) is 0 Å². The van der Waals surface area contributed by atoms with Crippen molar-refractivity contribution in [3.8, 4) is 0 Å². The molecule has 1 rings (SSSR count). The Balaban J connectivity index is 2.79. The molecule has 0 bridgehead atoms. The molecule has 0 aliphatic heterocycles. The SMILES string of the molecule is CCn1cc(N)c(CNC)n1. The Morgan fingerprint density at radius 1 is 1.73 bits per heavy atom. The van der Waals surface area contributed by atoms with Crippen LogP contribution in [0.5, 0.6) is 0 Å². The molecule has 0 amide bonds. The molecular weight excluding hydrogens is 140 g/mol. The number of nitrogens with one attached hydrogen (secondary N) is 1. The molecule has 62 valence electrons. The van der Waals surface area contributed by atoms with Crippen LogP contribution in [-0.2, 0) is 13.1 Å². The Hall–Kier alpha value is -1.03. The van der Waals surface area contributed by atoms with E-state index in [4.69, 9.17) is 5.73 Å². The number of nitrogen functional groups attached to an aromatic ring is 1. The fraction of sp³-hybridized carbons (Fsp3) is 0.571. The Kier molecular flexibility index (Phi) is 2.48. The van der Waals surface area contributed by atoms with Crippen LogP contribution < -0.4 is 11.1 Å². The van der Waals surface area contributed by atoms with Crippen molar-refractivity contribution in [3.05, 3.63) is 11.9 Å². The zero-order chi connectivity index (χ0) is 8.27. The van der Waals surface area contributed by atoms with E-state index in [1.165, 1.54) is 0 Å². The van der Waals surface area contributed by atoms with E-state index in [2.05, 4.69) is 10.4 Å². The third-order valence-corrected chi connectivity index (χ3v) is 1.54. The van der Waals surface area contributed by atoms with Crippen molar-refractivity contribution in [3.63, 3.8) is 0 Å². The quantitative estimate of drug-likeness (QED) is 0.654. The van der Waals surface area contributed by atoms with Gasteiger partial charge in [-0.2, -0.15) is 5.10 Å². The van der Waals surface area contributed by atoms with Gasteiger partial charge in [0.15, 0.2) is 0 Å². The van der Waals surface area contributed by atoms with E-state index in [1.807, 2.05) is 24.9 Å². The summed E-state index contributed by atoms with van der Waals surface area (Å²) >= 11 is 0. The zero-order valence-corrected chi connectivity index (χ0v) is 6.96. The predicted octanol–water partition coefficient (Wildman–Crippen LogP) is 0.205. The summed E-state index contributed by atoms with van der Waals surface area (Å²) in [7, 11) is 1.88. The molecule has 0 radical (unpaired) electrons. The standard InChI is InChI=1S/C7H14N4/c1-3-11-5-6(8)7(10-11)4-9-2/h5,9H,3-4,8H2,1-2H3. The summed E-state index contributed by atoms with van der Waals surface area (Å²) in [5.41, 5.74) is 7.37. The van der Waals surface area contributed by atoms with E-state index in [-0.39, 0.29) is 0 Å². The van der Waals surface area contributed by atoms with Gasteiger partial charge in [-0.05, 0) is 14.0 Å². The van der Waals surface area contributed by atoms with Crippen molar-refractivity contribution in [1.82, 2.24) is 15.1 Å². The summed E-state index contributed by atoms with van der Waals surface area (Å²) in [4.78, 5) is 0. The maximum atomic E-state index is 5.68. The van der Waals surface area contributed by atoms with Crippen LogP contribution in [0.2, 0.25) is 0 Å². The maximum absolute atomic E-state index is 5.68. The summed E-state index contributed by atoms with van der Waals surface area (Å²) in [6, 6.07) is 0. The number of hydrogen-bond acceptors (Lipinski definition) is 3. The lowest BCUT2D eigenvalue weighted by molar-refractivity contribution is 0.637. The van der Waals surface area contributed by atoms with Gasteiger partial charge < -0.3 is 11.1 Å². The largest absolute Gasteiger partial charge is 0.396 e. The van der Waals surface area contributed by atoms with Gasteiger partial charge in [0.25, 0.3) is 0 Å². The van der Waals surface area contributed by atoms with Gasteiger partial charge in [0.2, 0.25) is 0 Å². The molecule has 1 aromatic rings. The van der Waals surface area contributed by atoms with Crippen LogP contribution in [0.3, 0.4) is 0 Å². The Morgan fingerprint density at radius 2 is 2.45 bits per heavy atom. The number of hydrogen-bond donors (Lipinski definition) is 2. The highest BCUT2D eigenvalue weighted by atomic mass is 15.3. The highest BCUT2D eigenvalue weighted by Crippen LogP contribution is 2.07. The van der Waals surface area contributed by atoms with E-state index in [0.29, 0.717) is 0 Å². The van der Waals surface area contributed by atoms with Gasteiger partial charge in [0.1, 0.15) is 0 Å². The fourth-order valence-electron chi connectivity index (χ4n) is 0.944. The predicted molar refractivity (Wildman–Crippen MR) is 45.1 cm³/mol. The second-order valence-electron chi connectivity index (χ2n) is 2.42. The molecule has 4 heteroatoms. The molecule has 0 aliphatic carbocycles. The van der Waals surface area contributed by atoms with Crippen LogP contribution in [0.4, 0.5) is 5.69 Å². The second kappa shape index (κ2) is 3.39. The molecule has 1 aromatic heterocycles. The molecule has 0 aromatic carbocycles. The summed E-state index contributed by atoms with van der Waals surface area (Å²) in [5, 5.41) is 7.25. The van der Waals surface area contributed by atoms with Gasteiger partial charge in [-0.15, -0.1) is 0 Å². The van der Waals surface area contributed by atoms with Gasteiger partial charge in [0, 0.05) is 19.3 Å². The minimum atomic E-state index is 0.735. The molecular formula is C7H14N4. The minimum absolute atomic E-state index is 0.735. The summed E-state index contributed by atoms with van der Waals surface area (Å²) < 4.78 is 1.84. The van der Waals surface area contributed by atoms with Crippen molar-refractivity contribution in [2.75, 3.05) is 12.8 Å². The minimum Gasteiger partial charge on any atom is -0.396 e. The maximum Gasteiger partial charge on any atom is 0.0991 e. The molecule has 0 aliphatic rings. The Morgan fingerprint density at radius 3 is 2.91 bits per heavy atom. The molecule has 0 atom stereocenters. The number of rotatable bonds is 3.